The maximum absolute atomic E-state index is 12.1. The number of hydrogen-bond donors (Lipinski definition) is 2. The van der Waals surface area contributed by atoms with Crippen LogP contribution in [0, 0.1) is 6.92 Å². The van der Waals surface area contributed by atoms with E-state index in [1.165, 1.54) is 0 Å². The van der Waals surface area contributed by atoms with Gasteiger partial charge in [-0.2, -0.15) is 0 Å². The van der Waals surface area contributed by atoms with Gasteiger partial charge in [0, 0.05) is 49.2 Å². The number of aryl methyl sites for hydroxylation is 2. The van der Waals surface area contributed by atoms with Crippen molar-refractivity contribution in [2.45, 2.75) is 45.1 Å². The van der Waals surface area contributed by atoms with E-state index in [4.69, 9.17) is 4.98 Å². The smallest absolute Gasteiger partial charge is 0.220 e. The molecule has 2 N–H and O–H groups in total. The molecule has 0 radical (unpaired) electrons. The summed E-state index contributed by atoms with van der Waals surface area (Å²) in [6.45, 7) is 4.52. The average molecular weight is 339 g/mol. The number of hydrogen-bond acceptors (Lipinski definition) is 5. The Balaban J connectivity index is 1.53. The van der Waals surface area contributed by atoms with Crippen LogP contribution < -0.4 is 10.6 Å². The minimum atomic E-state index is 0.0287. The highest BCUT2D eigenvalue weighted by atomic mass is 16.1. The van der Waals surface area contributed by atoms with Crippen molar-refractivity contribution < 1.29 is 4.79 Å². The number of carbonyl (C=O) groups is 1. The molecule has 25 heavy (non-hydrogen) atoms. The van der Waals surface area contributed by atoms with Gasteiger partial charge in [0.05, 0.1) is 0 Å². The van der Waals surface area contributed by atoms with Crippen molar-refractivity contribution in [3.8, 4) is 0 Å². The van der Waals surface area contributed by atoms with Gasteiger partial charge in [-0.25, -0.2) is 9.97 Å². The lowest BCUT2D eigenvalue weighted by atomic mass is 9.98. The Morgan fingerprint density at radius 1 is 1.40 bits per heavy atom. The molecule has 0 spiro atoms. The molecule has 3 rings (SSSR count). The van der Waals surface area contributed by atoms with Crippen molar-refractivity contribution in [2.75, 3.05) is 13.1 Å². The molecule has 6 nitrogen and oxygen atoms in total. The highest BCUT2D eigenvalue weighted by Crippen LogP contribution is 2.20. The van der Waals surface area contributed by atoms with E-state index in [0.717, 1.165) is 48.7 Å². The van der Waals surface area contributed by atoms with E-state index in [2.05, 4.69) is 20.6 Å². The summed E-state index contributed by atoms with van der Waals surface area (Å²) in [6, 6.07) is 5.80. The fourth-order valence-corrected chi connectivity index (χ4v) is 3.07. The zero-order valence-electron chi connectivity index (χ0n) is 14.7. The van der Waals surface area contributed by atoms with Gasteiger partial charge in [0.15, 0.2) is 0 Å². The number of pyridine rings is 1. The van der Waals surface area contributed by atoms with Crippen LogP contribution >= 0.6 is 0 Å². The summed E-state index contributed by atoms with van der Waals surface area (Å²) in [7, 11) is 0. The van der Waals surface area contributed by atoms with Crippen LogP contribution in [0.3, 0.4) is 0 Å². The van der Waals surface area contributed by atoms with Gasteiger partial charge in [0.25, 0.3) is 0 Å². The van der Waals surface area contributed by atoms with Crippen molar-refractivity contribution >= 4 is 5.91 Å². The van der Waals surface area contributed by atoms with E-state index < -0.39 is 0 Å². The van der Waals surface area contributed by atoms with Gasteiger partial charge in [-0.3, -0.25) is 9.78 Å². The molecule has 1 aliphatic heterocycles. The van der Waals surface area contributed by atoms with Crippen molar-refractivity contribution in [3.63, 3.8) is 0 Å². The topological polar surface area (TPSA) is 79.8 Å². The monoisotopic (exact) mass is 339 g/mol. The summed E-state index contributed by atoms with van der Waals surface area (Å²) in [5.41, 5.74) is 2.92. The van der Waals surface area contributed by atoms with E-state index in [1.54, 1.807) is 12.4 Å². The number of nitrogens with zero attached hydrogens (tertiary/aromatic N) is 3. The summed E-state index contributed by atoms with van der Waals surface area (Å²) in [5, 5.41) is 6.33. The third-order valence-corrected chi connectivity index (χ3v) is 4.41. The van der Waals surface area contributed by atoms with E-state index in [-0.39, 0.29) is 5.91 Å². The van der Waals surface area contributed by atoms with E-state index in [1.807, 2.05) is 25.1 Å². The lowest BCUT2D eigenvalue weighted by Gasteiger charge is -2.22. The number of aromatic nitrogens is 3. The van der Waals surface area contributed by atoms with Crippen LogP contribution in [0.2, 0.25) is 0 Å². The van der Waals surface area contributed by atoms with Crippen LogP contribution in [0.1, 0.15) is 48.0 Å². The van der Waals surface area contributed by atoms with Gasteiger partial charge in [-0.05, 0) is 50.4 Å². The highest BCUT2D eigenvalue weighted by molar-refractivity contribution is 5.76. The second-order valence-electron chi connectivity index (χ2n) is 6.54. The van der Waals surface area contributed by atoms with E-state index >= 15 is 0 Å². The lowest BCUT2D eigenvalue weighted by molar-refractivity contribution is -0.121. The first-order chi connectivity index (χ1) is 12.2. The predicted molar refractivity (Wildman–Crippen MR) is 96.0 cm³/mol. The summed E-state index contributed by atoms with van der Waals surface area (Å²) >= 11 is 0. The molecule has 132 valence electrons. The van der Waals surface area contributed by atoms with Gasteiger partial charge in [-0.1, -0.05) is 6.07 Å². The zero-order valence-corrected chi connectivity index (χ0v) is 14.7. The molecule has 6 heteroatoms. The van der Waals surface area contributed by atoms with Gasteiger partial charge in [0.2, 0.25) is 5.91 Å². The van der Waals surface area contributed by atoms with Crippen molar-refractivity contribution in [3.05, 3.63) is 53.4 Å². The van der Waals surface area contributed by atoms with Crippen LogP contribution in [0.5, 0.6) is 0 Å². The molecule has 1 atom stereocenters. The van der Waals surface area contributed by atoms with Crippen LogP contribution in [0.25, 0.3) is 0 Å². The molecule has 1 unspecified atom stereocenters. The fraction of sp³-hybridized carbons (Fsp3) is 0.474. The summed E-state index contributed by atoms with van der Waals surface area (Å²) in [4.78, 5) is 25.4. The molecule has 0 saturated carbocycles. The SMILES string of the molecule is Cc1cc(CCC(=O)NCc2cccnc2)nc(C2CCCNC2)n1. The maximum Gasteiger partial charge on any atom is 0.220 e. The zero-order chi connectivity index (χ0) is 17.5. The van der Waals surface area contributed by atoms with Gasteiger partial charge < -0.3 is 10.6 Å². The second-order valence-corrected chi connectivity index (χ2v) is 6.54. The van der Waals surface area contributed by atoms with Gasteiger partial charge >= 0.3 is 0 Å². The Morgan fingerprint density at radius 3 is 3.08 bits per heavy atom. The standard InChI is InChI=1S/C19H25N5O/c1-14-10-17(24-19(23-14)16-5-3-9-21-13-16)6-7-18(25)22-12-15-4-2-8-20-11-15/h2,4,8,10-11,16,21H,3,5-7,9,12-13H2,1H3,(H,22,25). The van der Waals surface area contributed by atoms with Crippen molar-refractivity contribution in [1.82, 2.24) is 25.6 Å². The Labute approximate surface area is 148 Å². The number of piperidine rings is 1. The number of carbonyl (C=O) groups excluding carboxylic acids is 1. The molecule has 0 aliphatic carbocycles. The third kappa shape index (κ3) is 5.32. The van der Waals surface area contributed by atoms with Crippen LogP contribution in [-0.2, 0) is 17.8 Å². The van der Waals surface area contributed by atoms with Crippen molar-refractivity contribution in [2.24, 2.45) is 0 Å². The molecule has 1 aliphatic rings. The molecule has 1 saturated heterocycles. The minimum absolute atomic E-state index is 0.0287. The molecule has 2 aromatic rings. The summed E-state index contributed by atoms with van der Waals surface area (Å²) in [6.07, 6.45) is 6.84. The highest BCUT2D eigenvalue weighted by Gasteiger charge is 2.18. The van der Waals surface area contributed by atoms with Crippen molar-refractivity contribution in [1.29, 1.82) is 0 Å². The van der Waals surface area contributed by atoms with Gasteiger partial charge in [-0.15, -0.1) is 0 Å². The van der Waals surface area contributed by atoms with E-state index in [0.29, 0.717) is 25.3 Å². The first kappa shape index (κ1) is 17.5. The largest absolute Gasteiger partial charge is 0.352 e. The molecule has 0 aromatic carbocycles. The number of nitrogens with one attached hydrogen (secondary N) is 2. The number of rotatable bonds is 6. The summed E-state index contributed by atoms with van der Waals surface area (Å²) in [5.74, 6) is 1.32. The fourth-order valence-electron chi connectivity index (χ4n) is 3.07. The Hall–Kier alpha value is -2.34. The predicted octanol–water partition coefficient (Wildman–Crippen LogP) is 1.90. The molecule has 3 heterocycles. The molecular formula is C19H25N5O. The Kier molecular flexibility index (Phi) is 6.06. The second kappa shape index (κ2) is 8.67. The molecule has 1 fully saturated rings. The first-order valence-electron chi connectivity index (χ1n) is 8.91. The van der Waals surface area contributed by atoms with E-state index in [9.17, 15) is 4.79 Å². The maximum atomic E-state index is 12.1. The van der Waals surface area contributed by atoms with Crippen LogP contribution in [0.15, 0.2) is 30.6 Å². The third-order valence-electron chi connectivity index (χ3n) is 4.41. The average Bonchev–Trinajstić information content (AvgIpc) is 2.66. The molecule has 0 bridgehead atoms. The van der Waals surface area contributed by atoms with Gasteiger partial charge in [0.1, 0.15) is 5.82 Å². The minimum Gasteiger partial charge on any atom is -0.352 e. The Morgan fingerprint density at radius 2 is 2.32 bits per heavy atom. The summed E-state index contributed by atoms with van der Waals surface area (Å²) < 4.78 is 0. The molecular weight excluding hydrogens is 314 g/mol. The molecule has 1 amide bonds. The normalized spacial score (nSPS) is 17.2. The lowest BCUT2D eigenvalue weighted by Crippen LogP contribution is -2.29. The Bertz CT molecular complexity index is 698. The first-order valence-corrected chi connectivity index (χ1v) is 8.91. The van der Waals surface area contributed by atoms with Crippen LogP contribution in [0.4, 0.5) is 0 Å². The molecule has 2 aromatic heterocycles. The quantitative estimate of drug-likeness (QED) is 0.840. The van der Waals surface area contributed by atoms with Crippen LogP contribution in [-0.4, -0.2) is 33.9 Å². The number of amides is 1.